The lowest BCUT2D eigenvalue weighted by molar-refractivity contribution is 0.103. The fraction of sp³-hybridized carbons (Fsp3) is 0.0625. The molecule has 0 saturated carbocycles. The second kappa shape index (κ2) is 7.47. The van der Waals surface area contributed by atoms with E-state index in [1.807, 2.05) is 0 Å². The summed E-state index contributed by atoms with van der Waals surface area (Å²) in [7, 11) is 1.50. The van der Waals surface area contributed by atoms with Crippen LogP contribution in [0.2, 0.25) is 5.02 Å². The average molecular weight is 346 g/mol. The summed E-state index contributed by atoms with van der Waals surface area (Å²) in [5.74, 6) is -0.144. The highest BCUT2D eigenvalue weighted by atomic mass is 35.5. The van der Waals surface area contributed by atoms with Crippen molar-refractivity contribution in [3.8, 4) is 5.75 Å². The number of carbonyl (C=O) groups excluding carboxylic acids is 1. The molecule has 0 aromatic heterocycles. The molecule has 0 heterocycles. The number of hydrogen-bond donors (Lipinski definition) is 3. The SMILES string of the molecule is COc1ccc(N=C(N)N=C(N)N)c(C(=O)c2ccc(Cl)cc2)c1. The lowest BCUT2D eigenvalue weighted by Crippen LogP contribution is -2.26. The highest BCUT2D eigenvalue weighted by molar-refractivity contribution is 6.30. The minimum Gasteiger partial charge on any atom is -0.497 e. The van der Waals surface area contributed by atoms with Gasteiger partial charge in [-0.05, 0) is 42.5 Å². The molecule has 2 aromatic carbocycles. The number of hydrogen-bond acceptors (Lipinski definition) is 3. The molecule has 0 fully saturated rings. The van der Waals surface area contributed by atoms with Gasteiger partial charge in [0.25, 0.3) is 0 Å². The molecule has 24 heavy (non-hydrogen) atoms. The number of methoxy groups -OCH3 is 1. The lowest BCUT2D eigenvalue weighted by Gasteiger charge is -2.08. The molecule has 0 saturated heterocycles. The van der Waals surface area contributed by atoms with Crippen molar-refractivity contribution >= 4 is 35.0 Å². The van der Waals surface area contributed by atoms with Gasteiger partial charge in [0.15, 0.2) is 11.7 Å². The van der Waals surface area contributed by atoms with E-state index in [9.17, 15) is 4.79 Å². The summed E-state index contributed by atoms with van der Waals surface area (Å²) in [6.45, 7) is 0. The van der Waals surface area contributed by atoms with Crippen LogP contribution in [0, 0.1) is 0 Å². The number of rotatable bonds is 4. The Morgan fingerprint density at radius 2 is 1.75 bits per heavy atom. The molecule has 0 unspecified atom stereocenters. The zero-order valence-electron chi connectivity index (χ0n) is 12.9. The van der Waals surface area contributed by atoms with Gasteiger partial charge in [-0.2, -0.15) is 4.99 Å². The Bertz CT molecular complexity index is 812. The highest BCUT2D eigenvalue weighted by Gasteiger charge is 2.15. The van der Waals surface area contributed by atoms with E-state index in [4.69, 9.17) is 33.5 Å². The minimum atomic E-state index is -0.262. The quantitative estimate of drug-likeness (QED) is 0.442. The molecule has 2 aromatic rings. The molecule has 0 bridgehead atoms. The van der Waals surface area contributed by atoms with Crippen LogP contribution in [-0.4, -0.2) is 24.8 Å². The molecule has 0 atom stereocenters. The van der Waals surface area contributed by atoms with Crippen LogP contribution < -0.4 is 21.9 Å². The van der Waals surface area contributed by atoms with Gasteiger partial charge in [-0.25, -0.2) is 4.99 Å². The van der Waals surface area contributed by atoms with Crippen LogP contribution in [0.15, 0.2) is 52.4 Å². The van der Waals surface area contributed by atoms with E-state index in [1.54, 1.807) is 42.5 Å². The van der Waals surface area contributed by atoms with Gasteiger partial charge in [-0.3, -0.25) is 4.79 Å². The Labute approximate surface area is 143 Å². The third-order valence-corrected chi connectivity index (χ3v) is 3.29. The molecular formula is C16H16ClN5O2. The van der Waals surface area contributed by atoms with Gasteiger partial charge in [0.1, 0.15) is 5.75 Å². The number of benzene rings is 2. The summed E-state index contributed by atoms with van der Waals surface area (Å²) in [6, 6.07) is 11.3. The van der Waals surface area contributed by atoms with Crippen LogP contribution in [0.5, 0.6) is 5.75 Å². The molecule has 8 heteroatoms. The fourth-order valence-corrected chi connectivity index (χ4v) is 2.08. The predicted molar refractivity (Wildman–Crippen MR) is 95.0 cm³/mol. The largest absolute Gasteiger partial charge is 0.497 e. The first-order chi connectivity index (χ1) is 11.4. The number of carbonyl (C=O) groups is 1. The fourth-order valence-electron chi connectivity index (χ4n) is 1.96. The summed E-state index contributed by atoms with van der Waals surface area (Å²) in [4.78, 5) is 20.5. The lowest BCUT2D eigenvalue weighted by atomic mass is 10.0. The second-order valence-corrected chi connectivity index (χ2v) is 5.16. The third kappa shape index (κ3) is 4.23. The molecule has 124 valence electrons. The third-order valence-electron chi connectivity index (χ3n) is 3.03. The minimum absolute atomic E-state index is 0.162. The summed E-state index contributed by atoms with van der Waals surface area (Å²) in [6.07, 6.45) is 0. The van der Waals surface area contributed by atoms with E-state index in [0.717, 1.165) is 0 Å². The number of ketones is 1. The number of aliphatic imine (C=N–C) groups is 2. The van der Waals surface area contributed by atoms with Gasteiger partial charge in [-0.1, -0.05) is 11.6 Å². The Kier molecular flexibility index (Phi) is 5.39. The van der Waals surface area contributed by atoms with Gasteiger partial charge in [0.05, 0.1) is 18.4 Å². The Hall–Kier alpha value is -3.06. The standard InChI is InChI=1S/C16H16ClN5O2/c1-24-11-6-7-13(21-16(20)22-15(18)19)12(8-11)14(23)9-2-4-10(17)5-3-9/h2-8H,1H3,(H6,18,19,20,21,22). The number of guanidine groups is 2. The smallest absolute Gasteiger partial charge is 0.223 e. The number of ether oxygens (including phenoxy) is 1. The molecule has 0 spiro atoms. The van der Waals surface area contributed by atoms with Gasteiger partial charge < -0.3 is 21.9 Å². The van der Waals surface area contributed by atoms with E-state index in [2.05, 4.69) is 9.98 Å². The average Bonchev–Trinajstić information content (AvgIpc) is 2.54. The van der Waals surface area contributed by atoms with E-state index < -0.39 is 0 Å². The van der Waals surface area contributed by atoms with Crippen LogP contribution in [0.1, 0.15) is 15.9 Å². The van der Waals surface area contributed by atoms with Crippen molar-refractivity contribution in [2.75, 3.05) is 7.11 Å². The van der Waals surface area contributed by atoms with E-state index in [0.29, 0.717) is 27.6 Å². The summed E-state index contributed by atoms with van der Waals surface area (Å²) in [5, 5.41) is 0.535. The van der Waals surface area contributed by atoms with Crippen molar-refractivity contribution in [3.05, 3.63) is 58.6 Å². The molecule has 0 radical (unpaired) electrons. The molecule has 2 rings (SSSR count). The summed E-state index contributed by atoms with van der Waals surface area (Å²) >= 11 is 5.85. The van der Waals surface area contributed by atoms with Crippen molar-refractivity contribution in [3.63, 3.8) is 0 Å². The van der Waals surface area contributed by atoms with Crippen molar-refractivity contribution in [2.45, 2.75) is 0 Å². The van der Waals surface area contributed by atoms with Crippen molar-refractivity contribution in [1.29, 1.82) is 0 Å². The zero-order chi connectivity index (χ0) is 17.7. The molecule has 0 aliphatic heterocycles. The van der Waals surface area contributed by atoms with Crippen LogP contribution in [0.4, 0.5) is 5.69 Å². The van der Waals surface area contributed by atoms with Crippen LogP contribution in [0.25, 0.3) is 0 Å². The van der Waals surface area contributed by atoms with Gasteiger partial charge in [0.2, 0.25) is 5.96 Å². The Balaban J connectivity index is 2.52. The first kappa shape index (κ1) is 17.3. The highest BCUT2D eigenvalue weighted by Crippen LogP contribution is 2.27. The van der Waals surface area contributed by atoms with Crippen LogP contribution in [0.3, 0.4) is 0 Å². The molecule has 6 N–H and O–H groups in total. The molecule has 0 amide bonds. The molecular weight excluding hydrogens is 330 g/mol. The number of nitrogens with zero attached hydrogens (tertiary/aromatic N) is 2. The number of halogens is 1. The summed E-state index contributed by atoms with van der Waals surface area (Å²) in [5.41, 5.74) is 17.2. The van der Waals surface area contributed by atoms with Gasteiger partial charge in [0, 0.05) is 10.6 Å². The predicted octanol–water partition coefficient (Wildman–Crippen LogP) is 1.80. The van der Waals surface area contributed by atoms with E-state index >= 15 is 0 Å². The van der Waals surface area contributed by atoms with Crippen molar-refractivity contribution in [2.24, 2.45) is 27.2 Å². The Morgan fingerprint density at radius 3 is 2.33 bits per heavy atom. The van der Waals surface area contributed by atoms with Crippen LogP contribution >= 0.6 is 11.6 Å². The first-order valence-corrected chi connectivity index (χ1v) is 7.20. The van der Waals surface area contributed by atoms with Gasteiger partial charge >= 0.3 is 0 Å². The second-order valence-electron chi connectivity index (χ2n) is 4.73. The normalized spacial score (nSPS) is 11.0. The van der Waals surface area contributed by atoms with E-state index in [-0.39, 0.29) is 17.7 Å². The monoisotopic (exact) mass is 345 g/mol. The maximum Gasteiger partial charge on any atom is 0.223 e. The topological polar surface area (TPSA) is 129 Å². The zero-order valence-corrected chi connectivity index (χ0v) is 13.6. The first-order valence-electron chi connectivity index (χ1n) is 6.83. The molecule has 7 nitrogen and oxygen atoms in total. The molecule has 0 aliphatic rings. The van der Waals surface area contributed by atoms with Gasteiger partial charge in [-0.15, -0.1) is 0 Å². The Morgan fingerprint density at radius 1 is 1.08 bits per heavy atom. The van der Waals surface area contributed by atoms with Crippen LogP contribution in [-0.2, 0) is 0 Å². The molecule has 0 aliphatic carbocycles. The van der Waals surface area contributed by atoms with Crippen molar-refractivity contribution in [1.82, 2.24) is 0 Å². The maximum atomic E-state index is 12.8. The van der Waals surface area contributed by atoms with E-state index in [1.165, 1.54) is 7.11 Å². The summed E-state index contributed by atoms with van der Waals surface area (Å²) < 4.78 is 5.16. The maximum absolute atomic E-state index is 12.8. The van der Waals surface area contributed by atoms with Crippen molar-refractivity contribution < 1.29 is 9.53 Å². The number of nitrogens with two attached hydrogens (primary N) is 3.